The Morgan fingerprint density at radius 3 is 2.26 bits per heavy atom. The molecule has 2 aromatic carbocycles. The highest BCUT2D eigenvalue weighted by Gasteiger charge is 2.10. The Labute approximate surface area is 119 Å². The Bertz CT molecular complexity index is 614. The number of thiol groups is 1. The number of hydrogen-bond acceptors (Lipinski definition) is 2. The second-order valence-electron chi connectivity index (χ2n) is 4.83. The topological polar surface area (TPSA) is 29.1 Å². The zero-order valence-corrected chi connectivity index (χ0v) is 12.2. The number of carbonyl (C=O) groups is 1. The van der Waals surface area contributed by atoms with Crippen LogP contribution >= 0.6 is 12.6 Å². The van der Waals surface area contributed by atoms with E-state index in [9.17, 15) is 4.79 Å². The summed E-state index contributed by atoms with van der Waals surface area (Å²) < 4.78 is 0. The Kier molecular flexibility index (Phi) is 3.96. The van der Waals surface area contributed by atoms with Crippen LogP contribution in [-0.2, 0) is 0 Å². The Morgan fingerprint density at radius 2 is 1.63 bits per heavy atom. The van der Waals surface area contributed by atoms with Gasteiger partial charge in [0.25, 0.3) is 5.91 Å². The summed E-state index contributed by atoms with van der Waals surface area (Å²) in [7, 11) is 0. The molecule has 0 bridgehead atoms. The molecule has 0 saturated heterocycles. The molecule has 0 atom stereocenters. The zero-order valence-electron chi connectivity index (χ0n) is 11.3. The van der Waals surface area contributed by atoms with Gasteiger partial charge in [-0.25, -0.2) is 0 Å². The van der Waals surface area contributed by atoms with Crippen molar-refractivity contribution in [1.29, 1.82) is 0 Å². The van der Waals surface area contributed by atoms with Crippen molar-refractivity contribution >= 4 is 24.2 Å². The molecular weight excluding hydrogens is 254 g/mol. The first-order valence-corrected chi connectivity index (χ1v) is 6.60. The van der Waals surface area contributed by atoms with E-state index in [1.54, 1.807) is 6.07 Å². The van der Waals surface area contributed by atoms with Gasteiger partial charge in [-0.1, -0.05) is 12.1 Å². The largest absolute Gasteiger partial charge is 0.322 e. The highest BCUT2D eigenvalue weighted by molar-refractivity contribution is 7.80. The molecular formula is C16H17NOS. The molecule has 2 rings (SSSR count). The fourth-order valence-electron chi connectivity index (χ4n) is 2.10. The number of hydrogen-bond donors (Lipinski definition) is 2. The SMILES string of the molecule is Cc1cc(C)cc(NC(=O)c2cc(S)ccc2C)c1. The first kappa shape index (κ1) is 13.7. The minimum Gasteiger partial charge on any atom is -0.322 e. The Hall–Kier alpha value is -1.74. The third-order valence-corrected chi connectivity index (χ3v) is 3.22. The molecule has 0 aliphatic rings. The molecule has 0 unspecified atom stereocenters. The summed E-state index contributed by atoms with van der Waals surface area (Å²) in [6.07, 6.45) is 0. The molecule has 0 aromatic heterocycles. The number of benzene rings is 2. The molecule has 1 amide bonds. The van der Waals surface area contributed by atoms with E-state index < -0.39 is 0 Å². The van der Waals surface area contributed by atoms with E-state index in [1.807, 2.05) is 45.0 Å². The molecule has 2 aromatic rings. The lowest BCUT2D eigenvalue weighted by molar-refractivity contribution is 0.102. The predicted molar refractivity (Wildman–Crippen MR) is 82.3 cm³/mol. The molecule has 0 aliphatic carbocycles. The van der Waals surface area contributed by atoms with Crippen LogP contribution in [0.1, 0.15) is 27.0 Å². The van der Waals surface area contributed by atoms with Crippen LogP contribution in [0, 0.1) is 20.8 Å². The van der Waals surface area contributed by atoms with Crippen molar-refractivity contribution in [2.45, 2.75) is 25.7 Å². The monoisotopic (exact) mass is 271 g/mol. The van der Waals surface area contributed by atoms with E-state index in [0.29, 0.717) is 5.56 Å². The number of aryl methyl sites for hydroxylation is 3. The maximum absolute atomic E-state index is 12.3. The van der Waals surface area contributed by atoms with Gasteiger partial charge in [0.05, 0.1) is 0 Å². The van der Waals surface area contributed by atoms with Crippen LogP contribution in [0.4, 0.5) is 5.69 Å². The van der Waals surface area contributed by atoms with Crippen molar-refractivity contribution in [3.8, 4) is 0 Å². The van der Waals surface area contributed by atoms with E-state index in [4.69, 9.17) is 0 Å². The quantitative estimate of drug-likeness (QED) is 0.789. The average Bonchev–Trinajstić information content (AvgIpc) is 2.30. The lowest BCUT2D eigenvalue weighted by Crippen LogP contribution is -2.13. The molecule has 0 radical (unpaired) electrons. The van der Waals surface area contributed by atoms with Crippen LogP contribution in [-0.4, -0.2) is 5.91 Å². The van der Waals surface area contributed by atoms with Gasteiger partial charge in [0.2, 0.25) is 0 Å². The number of amides is 1. The van der Waals surface area contributed by atoms with Crippen LogP contribution in [0.15, 0.2) is 41.3 Å². The first-order chi connectivity index (χ1) is 8.95. The van der Waals surface area contributed by atoms with E-state index >= 15 is 0 Å². The summed E-state index contributed by atoms with van der Waals surface area (Å²) in [5.74, 6) is -0.0987. The number of nitrogens with one attached hydrogen (secondary N) is 1. The third-order valence-electron chi connectivity index (χ3n) is 2.95. The Morgan fingerprint density at radius 1 is 1.00 bits per heavy atom. The van der Waals surface area contributed by atoms with Crippen molar-refractivity contribution in [1.82, 2.24) is 0 Å². The second-order valence-corrected chi connectivity index (χ2v) is 5.35. The third kappa shape index (κ3) is 3.38. The van der Waals surface area contributed by atoms with Crippen molar-refractivity contribution < 1.29 is 4.79 Å². The van der Waals surface area contributed by atoms with Gasteiger partial charge < -0.3 is 5.32 Å². The standard InChI is InChI=1S/C16H17NOS/c1-10-6-11(2)8-13(7-10)17-16(18)15-9-14(19)5-4-12(15)3/h4-9,19H,1-3H3,(H,17,18). The number of anilines is 1. The van der Waals surface area contributed by atoms with Crippen molar-refractivity contribution in [3.63, 3.8) is 0 Å². The normalized spacial score (nSPS) is 10.3. The van der Waals surface area contributed by atoms with Gasteiger partial charge in [0.15, 0.2) is 0 Å². The molecule has 0 fully saturated rings. The van der Waals surface area contributed by atoms with Gasteiger partial charge >= 0.3 is 0 Å². The van der Waals surface area contributed by atoms with Crippen LogP contribution < -0.4 is 5.32 Å². The molecule has 0 heterocycles. The van der Waals surface area contributed by atoms with Crippen molar-refractivity contribution in [3.05, 3.63) is 58.7 Å². The van der Waals surface area contributed by atoms with Gasteiger partial charge in [-0.15, -0.1) is 12.6 Å². The molecule has 19 heavy (non-hydrogen) atoms. The van der Waals surface area contributed by atoms with Gasteiger partial charge in [-0.2, -0.15) is 0 Å². The van der Waals surface area contributed by atoms with E-state index in [-0.39, 0.29) is 5.91 Å². The van der Waals surface area contributed by atoms with Crippen molar-refractivity contribution in [2.24, 2.45) is 0 Å². The van der Waals surface area contributed by atoms with E-state index in [2.05, 4.69) is 24.0 Å². The van der Waals surface area contributed by atoms with E-state index in [1.165, 1.54) is 0 Å². The van der Waals surface area contributed by atoms with Crippen LogP contribution in [0.5, 0.6) is 0 Å². The molecule has 3 heteroatoms. The number of carbonyl (C=O) groups excluding carboxylic acids is 1. The zero-order chi connectivity index (χ0) is 14.0. The van der Waals surface area contributed by atoms with Gasteiger partial charge in [0.1, 0.15) is 0 Å². The maximum atomic E-state index is 12.3. The summed E-state index contributed by atoms with van der Waals surface area (Å²) in [6, 6.07) is 11.6. The summed E-state index contributed by atoms with van der Waals surface area (Å²) in [5.41, 5.74) is 4.70. The summed E-state index contributed by atoms with van der Waals surface area (Å²) in [6.45, 7) is 5.95. The van der Waals surface area contributed by atoms with Crippen LogP contribution in [0.3, 0.4) is 0 Å². The summed E-state index contributed by atoms with van der Waals surface area (Å²) in [4.78, 5) is 13.1. The van der Waals surface area contributed by atoms with Gasteiger partial charge in [-0.3, -0.25) is 4.79 Å². The smallest absolute Gasteiger partial charge is 0.255 e. The second kappa shape index (κ2) is 5.49. The highest BCUT2D eigenvalue weighted by Crippen LogP contribution is 2.18. The molecule has 1 N–H and O–H groups in total. The lowest BCUT2D eigenvalue weighted by atomic mass is 10.1. The molecule has 98 valence electrons. The number of rotatable bonds is 2. The molecule has 0 spiro atoms. The summed E-state index contributed by atoms with van der Waals surface area (Å²) >= 11 is 4.27. The first-order valence-electron chi connectivity index (χ1n) is 6.15. The van der Waals surface area contributed by atoms with Gasteiger partial charge in [0, 0.05) is 16.1 Å². The minimum absolute atomic E-state index is 0.0987. The van der Waals surface area contributed by atoms with Crippen LogP contribution in [0.25, 0.3) is 0 Å². The Balaban J connectivity index is 2.28. The van der Waals surface area contributed by atoms with Crippen LogP contribution in [0.2, 0.25) is 0 Å². The van der Waals surface area contributed by atoms with E-state index in [0.717, 1.165) is 27.3 Å². The van der Waals surface area contributed by atoms with Crippen molar-refractivity contribution in [2.75, 3.05) is 5.32 Å². The molecule has 2 nitrogen and oxygen atoms in total. The maximum Gasteiger partial charge on any atom is 0.255 e. The lowest BCUT2D eigenvalue weighted by Gasteiger charge is -2.10. The molecule has 0 saturated carbocycles. The highest BCUT2D eigenvalue weighted by atomic mass is 32.1. The minimum atomic E-state index is -0.0987. The van der Waals surface area contributed by atoms with Gasteiger partial charge in [-0.05, 0) is 61.7 Å². The summed E-state index contributed by atoms with van der Waals surface area (Å²) in [5, 5.41) is 2.94. The predicted octanol–water partition coefficient (Wildman–Crippen LogP) is 4.15. The fraction of sp³-hybridized carbons (Fsp3) is 0.188. The molecule has 0 aliphatic heterocycles. The average molecular weight is 271 g/mol. The fourth-order valence-corrected chi connectivity index (χ4v) is 2.30.